The molecule has 1 aliphatic heterocycles. The van der Waals surface area contributed by atoms with Gasteiger partial charge >= 0.3 is 6.09 Å². The normalized spacial score (nSPS) is 14.0. The highest BCUT2D eigenvalue weighted by molar-refractivity contribution is 5.73. The van der Waals surface area contributed by atoms with Crippen molar-refractivity contribution in [2.24, 2.45) is 0 Å². The Morgan fingerprint density at radius 2 is 2.00 bits per heavy atom. The van der Waals surface area contributed by atoms with Crippen molar-refractivity contribution in [3.05, 3.63) is 36.5 Å². The number of carbonyl (C=O) groups excluding carboxylic acids is 1. The minimum atomic E-state index is -0.370. The Bertz CT molecular complexity index is 590. The molecule has 0 atom stereocenters. The summed E-state index contributed by atoms with van der Waals surface area (Å²) in [6.07, 6.45) is 2.11. The van der Waals surface area contributed by atoms with Crippen LogP contribution in [0.3, 0.4) is 0 Å². The summed E-state index contributed by atoms with van der Waals surface area (Å²) in [5.74, 6) is 0.612. The number of nitrogen functional groups attached to an aromatic ring is 1. The highest BCUT2D eigenvalue weighted by Gasteiger charge is 2.23. The summed E-state index contributed by atoms with van der Waals surface area (Å²) in [5.41, 5.74) is 6.77. The van der Waals surface area contributed by atoms with Gasteiger partial charge in [0, 0.05) is 13.1 Å². The van der Waals surface area contributed by atoms with Gasteiger partial charge < -0.3 is 15.4 Å². The number of amides is 1. The van der Waals surface area contributed by atoms with Gasteiger partial charge in [-0.1, -0.05) is 18.2 Å². The van der Waals surface area contributed by atoms with Crippen molar-refractivity contribution >= 4 is 11.9 Å². The Morgan fingerprint density at radius 3 is 2.63 bits per heavy atom. The van der Waals surface area contributed by atoms with Crippen LogP contribution in [0.15, 0.2) is 36.5 Å². The van der Waals surface area contributed by atoms with Crippen LogP contribution in [0.2, 0.25) is 0 Å². The van der Waals surface area contributed by atoms with E-state index in [0.29, 0.717) is 11.6 Å². The van der Waals surface area contributed by atoms with Crippen LogP contribution in [-0.4, -0.2) is 33.9 Å². The summed E-state index contributed by atoms with van der Waals surface area (Å²) >= 11 is 0. The van der Waals surface area contributed by atoms with Gasteiger partial charge in [-0.2, -0.15) is 5.10 Å². The Balaban J connectivity index is 1.81. The number of likely N-dealkylation sites (tertiary alicyclic amines) is 1. The lowest BCUT2D eigenvalue weighted by molar-refractivity contribution is 0.125. The van der Waals surface area contributed by atoms with E-state index in [-0.39, 0.29) is 6.09 Å². The topological polar surface area (TPSA) is 73.4 Å². The molecular formula is C13H14N4O2. The first kappa shape index (κ1) is 11.6. The smallest absolute Gasteiger partial charge is 0.404 e. The zero-order valence-corrected chi connectivity index (χ0v) is 10.3. The number of ether oxygens (including phenoxy) is 1. The van der Waals surface area contributed by atoms with E-state index in [0.717, 1.165) is 25.2 Å². The minimum Gasteiger partial charge on any atom is -0.404 e. The van der Waals surface area contributed by atoms with Crippen LogP contribution < -0.4 is 10.5 Å². The number of benzene rings is 1. The van der Waals surface area contributed by atoms with E-state index in [2.05, 4.69) is 5.10 Å². The predicted octanol–water partition coefficient (Wildman–Crippen LogP) is 1.66. The Labute approximate surface area is 110 Å². The average molecular weight is 258 g/mol. The zero-order valence-electron chi connectivity index (χ0n) is 10.3. The largest absolute Gasteiger partial charge is 0.415 e. The van der Waals surface area contributed by atoms with Gasteiger partial charge in [-0.3, -0.25) is 0 Å². The molecule has 1 aromatic carbocycles. The third-order valence-corrected chi connectivity index (χ3v) is 3.08. The van der Waals surface area contributed by atoms with Crippen LogP contribution in [0.1, 0.15) is 6.42 Å². The van der Waals surface area contributed by atoms with Crippen LogP contribution >= 0.6 is 0 Å². The third kappa shape index (κ3) is 2.12. The first-order valence-electron chi connectivity index (χ1n) is 6.11. The Hall–Kier alpha value is -2.50. The monoisotopic (exact) mass is 258 g/mol. The highest BCUT2D eigenvalue weighted by atomic mass is 16.6. The van der Waals surface area contributed by atoms with E-state index < -0.39 is 0 Å². The van der Waals surface area contributed by atoms with Crippen molar-refractivity contribution in [2.75, 3.05) is 18.8 Å². The first-order valence-corrected chi connectivity index (χ1v) is 6.11. The molecule has 6 nitrogen and oxygen atoms in total. The molecule has 0 radical (unpaired) electrons. The number of anilines is 1. The lowest BCUT2D eigenvalue weighted by Gasteiger charge is -2.29. The van der Waals surface area contributed by atoms with Gasteiger partial charge in [0.1, 0.15) is 0 Å². The van der Waals surface area contributed by atoms with Crippen molar-refractivity contribution in [3.63, 3.8) is 0 Å². The number of nitrogens with zero attached hydrogens (tertiary/aromatic N) is 3. The summed E-state index contributed by atoms with van der Waals surface area (Å²) in [4.78, 5) is 13.3. The maximum Gasteiger partial charge on any atom is 0.415 e. The maximum absolute atomic E-state index is 11.7. The number of aromatic nitrogens is 2. The molecule has 1 amide bonds. The van der Waals surface area contributed by atoms with E-state index in [1.54, 1.807) is 9.58 Å². The van der Waals surface area contributed by atoms with Gasteiger partial charge in [-0.25, -0.2) is 9.48 Å². The maximum atomic E-state index is 11.7. The number of hydrogen-bond acceptors (Lipinski definition) is 4. The first-order chi connectivity index (χ1) is 9.25. The second kappa shape index (κ2) is 4.64. The van der Waals surface area contributed by atoms with Gasteiger partial charge in [0.2, 0.25) is 0 Å². The standard InChI is InChI=1S/C13H14N4O2/c14-12-11(19-13(18)16-7-4-8-16)9-15-17(12)10-5-2-1-3-6-10/h1-3,5-6,9H,4,7-8,14H2. The van der Waals surface area contributed by atoms with E-state index >= 15 is 0 Å². The fraction of sp³-hybridized carbons (Fsp3) is 0.231. The molecule has 2 N–H and O–H groups in total. The molecule has 0 bridgehead atoms. The number of hydrogen-bond donors (Lipinski definition) is 1. The molecule has 2 aromatic rings. The summed E-state index contributed by atoms with van der Waals surface area (Å²) in [6, 6.07) is 9.45. The van der Waals surface area contributed by atoms with Gasteiger partial charge in [-0.05, 0) is 18.6 Å². The van der Waals surface area contributed by atoms with Gasteiger partial charge in [-0.15, -0.1) is 0 Å². The average Bonchev–Trinajstić information content (AvgIpc) is 2.70. The molecule has 0 spiro atoms. The van der Waals surface area contributed by atoms with Gasteiger partial charge in [0.25, 0.3) is 0 Å². The van der Waals surface area contributed by atoms with Crippen molar-refractivity contribution in [1.82, 2.24) is 14.7 Å². The van der Waals surface area contributed by atoms with Crippen LogP contribution in [0.5, 0.6) is 5.75 Å². The van der Waals surface area contributed by atoms with Crippen molar-refractivity contribution < 1.29 is 9.53 Å². The number of nitrogens with two attached hydrogens (primary N) is 1. The lowest BCUT2D eigenvalue weighted by Crippen LogP contribution is -2.43. The third-order valence-electron chi connectivity index (χ3n) is 3.08. The van der Waals surface area contributed by atoms with E-state index in [9.17, 15) is 4.79 Å². The SMILES string of the molecule is Nc1c(OC(=O)N2CCC2)cnn1-c1ccccc1. The molecule has 0 unspecified atom stereocenters. The van der Waals surface area contributed by atoms with E-state index in [4.69, 9.17) is 10.5 Å². The lowest BCUT2D eigenvalue weighted by atomic mass is 10.2. The van der Waals surface area contributed by atoms with E-state index in [1.165, 1.54) is 6.20 Å². The minimum absolute atomic E-state index is 0.292. The molecule has 19 heavy (non-hydrogen) atoms. The second-order valence-corrected chi connectivity index (χ2v) is 4.35. The predicted molar refractivity (Wildman–Crippen MR) is 70.2 cm³/mol. The van der Waals surface area contributed by atoms with Gasteiger partial charge in [0.15, 0.2) is 11.6 Å². The van der Waals surface area contributed by atoms with Crippen LogP contribution in [-0.2, 0) is 0 Å². The summed E-state index contributed by atoms with van der Waals surface area (Å²) < 4.78 is 6.77. The summed E-state index contributed by atoms with van der Waals surface area (Å²) in [6.45, 7) is 1.48. The van der Waals surface area contributed by atoms with Crippen molar-refractivity contribution in [2.45, 2.75) is 6.42 Å². The molecule has 0 saturated carbocycles. The Kier molecular flexibility index (Phi) is 2.83. The molecule has 1 aliphatic rings. The fourth-order valence-electron chi connectivity index (χ4n) is 1.85. The summed E-state index contributed by atoms with van der Waals surface area (Å²) in [7, 11) is 0. The molecule has 3 rings (SSSR count). The molecule has 1 fully saturated rings. The zero-order chi connectivity index (χ0) is 13.2. The quantitative estimate of drug-likeness (QED) is 0.889. The molecular weight excluding hydrogens is 244 g/mol. The molecule has 98 valence electrons. The van der Waals surface area contributed by atoms with Crippen LogP contribution in [0.4, 0.5) is 10.6 Å². The molecule has 6 heteroatoms. The Morgan fingerprint density at radius 1 is 1.26 bits per heavy atom. The van der Waals surface area contributed by atoms with Crippen molar-refractivity contribution in [1.29, 1.82) is 0 Å². The number of carbonyl (C=O) groups is 1. The van der Waals surface area contributed by atoms with Crippen molar-refractivity contribution in [3.8, 4) is 11.4 Å². The molecule has 1 aromatic heterocycles. The number of rotatable bonds is 2. The van der Waals surface area contributed by atoms with E-state index in [1.807, 2.05) is 30.3 Å². The molecule has 2 heterocycles. The van der Waals surface area contributed by atoms with Gasteiger partial charge in [0.05, 0.1) is 11.9 Å². The number of para-hydroxylation sites is 1. The molecule has 0 aliphatic carbocycles. The summed E-state index contributed by atoms with van der Waals surface area (Å²) in [5, 5.41) is 4.14. The van der Waals surface area contributed by atoms with Crippen LogP contribution in [0.25, 0.3) is 5.69 Å². The van der Waals surface area contributed by atoms with Crippen LogP contribution in [0, 0.1) is 0 Å². The molecule has 1 saturated heterocycles. The second-order valence-electron chi connectivity index (χ2n) is 4.35. The fourth-order valence-corrected chi connectivity index (χ4v) is 1.85. The highest BCUT2D eigenvalue weighted by Crippen LogP contribution is 2.24.